The molecule has 2 heterocycles. The summed E-state index contributed by atoms with van der Waals surface area (Å²) in [5.74, 6) is -2.23. The molecule has 2 rings (SSSR count). The van der Waals surface area contributed by atoms with Gasteiger partial charge in [-0.1, -0.05) is 0 Å². The Bertz CT molecular complexity index is 547. The highest BCUT2D eigenvalue weighted by atomic mass is 16.7. The molecular formula is C14H24N2O11. The van der Waals surface area contributed by atoms with Crippen molar-refractivity contribution >= 4 is 11.9 Å². The van der Waals surface area contributed by atoms with E-state index < -0.39 is 79.8 Å². The second-order valence-corrected chi connectivity index (χ2v) is 6.39. The lowest BCUT2D eigenvalue weighted by molar-refractivity contribution is -0.321. The third kappa shape index (κ3) is 4.53. The molecule has 0 bridgehead atoms. The number of nitrogens with one attached hydrogen (secondary N) is 1. The molecule has 0 saturated carbocycles. The smallest absolute Gasteiger partial charge is 0.335 e. The Hall–Kier alpha value is -1.42. The minimum absolute atomic E-state index is 0.636. The van der Waals surface area contributed by atoms with E-state index in [-0.39, 0.29) is 0 Å². The van der Waals surface area contributed by atoms with Crippen LogP contribution in [0.25, 0.3) is 0 Å². The average Bonchev–Trinajstić information content (AvgIpc) is 2.60. The second kappa shape index (κ2) is 8.72. The maximum atomic E-state index is 11.4. The summed E-state index contributed by atoms with van der Waals surface area (Å²) in [7, 11) is 0. The van der Waals surface area contributed by atoms with Crippen LogP contribution in [0.15, 0.2) is 0 Å². The largest absolute Gasteiger partial charge is 0.479 e. The number of carbonyl (C=O) groups is 2. The van der Waals surface area contributed by atoms with Gasteiger partial charge in [0.25, 0.3) is 0 Å². The van der Waals surface area contributed by atoms with Crippen molar-refractivity contribution in [2.75, 3.05) is 6.61 Å². The van der Waals surface area contributed by atoms with E-state index in [0.717, 1.165) is 6.92 Å². The summed E-state index contributed by atoms with van der Waals surface area (Å²) in [6, 6.07) is -2.71. The fourth-order valence-corrected chi connectivity index (χ4v) is 3.00. The Morgan fingerprint density at radius 3 is 2.26 bits per heavy atom. The van der Waals surface area contributed by atoms with Gasteiger partial charge in [0.1, 0.15) is 36.6 Å². The van der Waals surface area contributed by atoms with Crippen molar-refractivity contribution in [3.8, 4) is 0 Å². The Morgan fingerprint density at radius 2 is 1.74 bits per heavy atom. The summed E-state index contributed by atoms with van der Waals surface area (Å²) in [5, 5.41) is 60.8. The molecule has 0 aliphatic carbocycles. The molecule has 156 valence electrons. The molecule has 9 N–H and O–H groups in total. The van der Waals surface area contributed by atoms with E-state index in [9.17, 15) is 35.1 Å². The molecule has 0 aromatic carbocycles. The first-order chi connectivity index (χ1) is 12.6. The molecule has 13 nitrogen and oxygen atoms in total. The third-order valence-corrected chi connectivity index (χ3v) is 4.43. The van der Waals surface area contributed by atoms with Crippen LogP contribution >= 0.6 is 0 Å². The molecule has 0 spiro atoms. The molecule has 10 atom stereocenters. The molecule has 27 heavy (non-hydrogen) atoms. The van der Waals surface area contributed by atoms with Gasteiger partial charge in [-0.15, -0.1) is 0 Å². The highest BCUT2D eigenvalue weighted by Crippen LogP contribution is 2.28. The highest BCUT2D eigenvalue weighted by Gasteiger charge is 2.52. The van der Waals surface area contributed by atoms with Crippen LogP contribution in [0.3, 0.4) is 0 Å². The molecule has 2 aliphatic rings. The van der Waals surface area contributed by atoms with Gasteiger partial charge in [-0.2, -0.15) is 0 Å². The number of aliphatic hydroxyl groups is 5. The van der Waals surface area contributed by atoms with Gasteiger partial charge in [0.15, 0.2) is 18.7 Å². The number of rotatable bonds is 5. The Labute approximate surface area is 153 Å². The fraction of sp³-hybridized carbons (Fsp3) is 0.857. The third-order valence-electron chi connectivity index (χ3n) is 4.43. The van der Waals surface area contributed by atoms with Gasteiger partial charge < -0.3 is 55.9 Å². The zero-order chi connectivity index (χ0) is 20.5. The quantitative estimate of drug-likeness (QED) is 0.218. The molecule has 1 amide bonds. The van der Waals surface area contributed by atoms with Gasteiger partial charge in [-0.05, 0) is 0 Å². The number of amides is 1. The van der Waals surface area contributed by atoms with Crippen molar-refractivity contribution in [1.29, 1.82) is 0 Å². The Kier molecular flexibility index (Phi) is 7.07. The molecule has 2 saturated heterocycles. The van der Waals surface area contributed by atoms with E-state index in [1.54, 1.807) is 0 Å². The van der Waals surface area contributed by atoms with Gasteiger partial charge in [-0.25, -0.2) is 4.79 Å². The van der Waals surface area contributed by atoms with E-state index in [2.05, 4.69) is 5.32 Å². The predicted molar refractivity (Wildman–Crippen MR) is 82.7 cm³/mol. The minimum Gasteiger partial charge on any atom is -0.479 e. The number of carboxylic acid groups (broad SMARTS) is 1. The van der Waals surface area contributed by atoms with Crippen molar-refractivity contribution < 1.29 is 54.4 Å². The fourth-order valence-electron chi connectivity index (χ4n) is 3.00. The first-order valence-electron chi connectivity index (χ1n) is 8.13. The lowest BCUT2D eigenvalue weighted by Crippen LogP contribution is -2.68. The monoisotopic (exact) mass is 396 g/mol. The number of aliphatic carboxylic acids is 1. The molecule has 0 aromatic heterocycles. The van der Waals surface area contributed by atoms with Crippen LogP contribution in [0.4, 0.5) is 0 Å². The number of carbonyl (C=O) groups excluding carboxylic acids is 1. The number of hydrogen-bond acceptors (Lipinski definition) is 11. The predicted octanol–water partition coefficient (Wildman–Crippen LogP) is -5.19. The van der Waals surface area contributed by atoms with Crippen LogP contribution in [0.1, 0.15) is 6.92 Å². The molecule has 2 aliphatic heterocycles. The first kappa shape index (κ1) is 21.9. The van der Waals surface area contributed by atoms with E-state index in [1.165, 1.54) is 0 Å². The van der Waals surface area contributed by atoms with Crippen LogP contribution < -0.4 is 11.1 Å². The summed E-state index contributed by atoms with van der Waals surface area (Å²) in [6.07, 6.45) is -13.0. The number of hydrogen-bond donors (Lipinski definition) is 8. The van der Waals surface area contributed by atoms with Crippen LogP contribution in [-0.4, -0.2) is 110 Å². The van der Waals surface area contributed by atoms with Crippen LogP contribution in [0.2, 0.25) is 0 Å². The SMILES string of the molecule is CC(=O)N[C@@H]1[C@H](O[C@H]2[C@H](O)[C@@H](N)[C@H](O)O[C@@H]2CO)O[C@@H](C(=O)O)[C@@H](O)[C@@H]1O. The lowest BCUT2D eigenvalue weighted by atomic mass is 9.95. The average molecular weight is 396 g/mol. The normalized spacial score (nSPS) is 45.3. The van der Waals surface area contributed by atoms with E-state index in [4.69, 9.17) is 25.1 Å². The van der Waals surface area contributed by atoms with Crippen molar-refractivity contribution in [3.05, 3.63) is 0 Å². The number of ether oxygens (including phenoxy) is 3. The van der Waals surface area contributed by atoms with Crippen LogP contribution in [0.5, 0.6) is 0 Å². The minimum atomic E-state index is -1.89. The van der Waals surface area contributed by atoms with Gasteiger partial charge in [0.2, 0.25) is 5.91 Å². The van der Waals surface area contributed by atoms with Gasteiger partial charge >= 0.3 is 5.97 Å². The topological polar surface area (TPSA) is 221 Å². The molecule has 2 fully saturated rings. The van der Waals surface area contributed by atoms with Crippen LogP contribution in [0, 0.1) is 0 Å². The summed E-state index contributed by atoms with van der Waals surface area (Å²) >= 11 is 0. The zero-order valence-corrected chi connectivity index (χ0v) is 14.3. The van der Waals surface area contributed by atoms with Crippen molar-refractivity contribution in [2.24, 2.45) is 5.73 Å². The highest BCUT2D eigenvalue weighted by molar-refractivity contribution is 5.74. The first-order valence-corrected chi connectivity index (χ1v) is 8.13. The van der Waals surface area contributed by atoms with Gasteiger partial charge in [0, 0.05) is 6.92 Å². The summed E-state index contributed by atoms with van der Waals surface area (Å²) in [5.41, 5.74) is 5.59. The van der Waals surface area contributed by atoms with Crippen LogP contribution in [-0.2, 0) is 23.8 Å². The van der Waals surface area contributed by atoms with Crippen molar-refractivity contribution in [1.82, 2.24) is 5.32 Å². The number of aliphatic hydroxyl groups excluding tert-OH is 5. The van der Waals surface area contributed by atoms with E-state index in [1.807, 2.05) is 0 Å². The summed E-state index contributed by atoms with van der Waals surface area (Å²) in [4.78, 5) is 22.6. The van der Waals surface area contributed by atoms with E-state index in [0.29, 0.717) is 0 Å². The van der Waals surface area contributed by atoms with E-state index >= 15 is 0 Å². The summed E-state index contributed by atoms with van der Waals surface area (Å²) < 4.78 is 15.7. The zero-order valence-electron chi connectivity index (χ0n) is 14.3. The number of nitrogens with two attached hydrogens (primary N) is 1. The molecule has 0 radical (unpaired) electrons. The van der Waals surface area contributed by atoms with Crippen molar-refractivity contribution in [2.45, 2.75) is 68.2 Å². The Balaban J connectivity index is 2.27. The van der Waals surface area contributed by atoms with Crippen molar-refractivity contribution in [3.63, 3.8) is 0 Å². The van der Waals surface area contributed by atoms with Gasteiger partial charge in [-0.3, -0.25) is 4.79 Å². The molecular weight excluding hydrogens is 372 g/mol. The van der Waals surface area contributed by atoms with Gasteiger partial charge in [0.05, 0.1) is 12.6 Å². The Morgan fingerprint density at radius 1 is 1.11 bits per heavy atom. The standard InChI is InChI=1S/C14H24N2O11/c1-3(18)16-6-8(20)9(21)11(12(22)23)27-14(6)26-10-4(2-17)25-13(24)5(15)7(10)19/h4-11,13-14,17,19-21,24H,2,15H2,1H3,(H,16,18)(H,22,23)/t4-,5-,6+,7-,8-,9+,10-,11-,13-,14-/m1/s1. The lowest BCUT2D eigenvalue weighted by Gasteiger charge is -2.46. The maximum Gasteiger partial charge on any atom is 0.335 e. The second-order valence-electron chi connectivity index (χ2n) is 6.39. The molecule has 0 unspecified atom stereocenters. The molecule has 0 aromatic rings. The maximum absolute atomic E-state index is 11.4. The summed E-state index contributed by atoms with van der Waals surface area (Å²) in [6.45, 7) is 0.414. The number of carboxylic acids is 1. The molecule has 13 heteroatoms.